The van der Waals surface area contributed by atoms with Crippen molar-refractivity contribution >= 4 is 11.9 Å². The molecule has 1 amide bonds. The molecule has 2 N–H and O–H groups in total. The van der Waals surface area contributed by atoms with Gasteiger partial charge in [-0.05, 0) is 47.1 Å². The van der Waals surface area contributed by atoms with Gasteiger partial charge < -0.3 is 10.4 Å². The van der Waals surface area contributed by atoms with E-state index in [1.807, 2.05) is 25.7 Å². The lowest BCUT2D eigenvalue weighted by Crippen LogP contribution is -2.54. The molecule has 2 unspecified atom stereocenters. The first-order valence-corrected chi connectivity index (χ1v) is 6.54. The lowest BCUT2D eigenvalue weighted by Gasteiger charge is -2.40. The number of carboxylic acid groups (broad SMARTS) is 1. The third kappa shape index (κ3) is 3.45. The van der Waals surface area contributed by atoms with Gasteiger partial charge in [-0.2, -0.15) is 0 Å². The summed E-state index contributed by atoms with van der Waals surface area (Å²) in [6.45, 7) is 8.66. The standard InChI is InChI=1S/C13H24N2O3/c1-9(2)14-11(16)10(3)15-7-5-6-13(4,8-15)12(17)18/h9-10H,5-8H2,1-4H3,(H,14,16)(H,17,18). The highest BCUT2D eigenvalue weighted by Gasteiger charge is 2.40. The van der Waals surface area contributed by atoms with Gasteiger partial charge >= 0.3 is 5.97 Å². The number of nitrogens with one attached hydrogen (secondary N) is 1. The van der Waals surface area contributed by atoms with Crippen LogP contribution in [0.2, 0.25) is 0 Å². The summed E-state index contributed by atoms with van der Waals surface area (Å²) in [4.78, 5) is 25.2. The van der Waals surface area contributed by atoms with Gasteiger partial charge in [-0.3, -0.25) is 14.5 Å². The van der Waals surface area contributed by atoms with Crippen molar-refractivity contribution in [2.24, 2.45) is 5.41 Å². The molecule has 1 aliphatic rings. The van der Waals surface area contributed by atoms with Crippen molar-refractivity contribution in [2.45, 2.75) is 52.6 Å². The van der Waals surface area contributed by atoms with Crippen molar-refractivity contribution in [3.8, 4) is 0 Å². The SMILES string of the molecule is CC(C)NC(=O)C(C)N1CCCC(C)(C(=O)O)C1. The van der Waals surface area contributed by atoms with Crippen LogP contribution in [-0.4, -0.2) is 47.1 Å². The van der Waals surface area contributed by atoms with Gasteiger partial charge in [-0.1, -0.05) is 0 Å². The van der Waals surface area contributed by atoms with E-state index in [2.05, 4.69) is 5.32 Å². The van der Waals surface area contributed by atoms with E-state index in [4.69, 9.17) is 0 Å². The van der Waals surface area contributed by atoms with Gasteiger partial charge in [0.05, 0.1) is 11.5 Å². The Morgan fingerprint density at radius 1 is 1.33 bits per heavy atom. The first-order chi connectivity index (χ1) is 8.26. The molecule has 2 atom stereocenters. The quantitative estimate of drug-likeness (QED) is 0.790. The number of carbonyl (C=O) groups excluding carboxylic acids is 1. The molecule has 5 nitrogen and oxygen atoms in total. The molecular formula is C13H24N2O3. The van der Waals surface area contributed by atoms with Gasteiger partial charge in [0.15, 0.2) is 0 Å². The number of nitrogens with zero attached hydrogens (tertiary/aromatic N) is 1. The van der Waals surface area contributed by atoms with E-state index in [1.165, 1.54) is 0 Å². The minimum Gasteiger partial charge on any atom is -0.481 e. The van der Waals surface area contributed by atoms with E-state index in [9.17, 15) is 14.7 Å². The molecule has 1 heterocycles. The van der Waals surface area contributed by atoms with Gasteiger partial charge in [-0.25, -0.2) is 0 Å². The number of rotatable bonds is 4. The Hall–Kier alpha value is -1.10. The zero-order chi connectivity index (χ0) is 13.9. The molecule has 18 heavy (non-hydrogen) atoms. The highest BCUT2D eigenvalue weighted by molar-refractivity contribution is 5.81. The summed E-state index contributed by atoms with van der Waals surface area (Å²) >= 11 is 0. The molecule has 0 aliphatic carbocycles. The summed E-state index contributed by atoms with van der Waals surface area (Å²) in [7, 11) is 0. The number of carboxylic acids is 1. The van der Waals surface area contributed by atoms with Crippen molar-refractivity contribution in [1.82, 2.24) is 10.2 Å². The molecule has 1 fully saturated rings. The van der Waals surface area contributed by atoms with E-state index >= 15 is 0 Å². The van der Waals surface area contributed by atoms with Crippen molar-refractivity contribution in [3.63, 3.8) is 0 Å². The normalized spacial score (nSPS) is 26.9. The van der Waals surface area contributed by atoms with Crippen LogP contribution < -0.4 is 5.32 Å². The van der Waals surface area contributed by atoms with E-state index in [0.29, 0.717) is 13.0 Å². The maximum Gasteiger partial charge on any atom is 0.310 e. The molecular weight excluding hydrogens is 232 g/mol. The third-order valence-electron chi connectivity index (χ3n) is 3.60. The van der Waals surface area contributed by atoms with Crippen molar-refractivity contribution < 1.29 is 14.7 Å². The Morgan fingerprint density at radius 3 is 2.44 bits per heavy atom. The lowest BCUT2D eigenvalue weighted by atomic mass is 9.81. The fourth-order valence-electron chi connectivity index (χ4n) is 2.35. The zero-order valence-electron chi connectivity index (χ0n) is 11.7. The maximum atomic E-state index is 11.9. The Bertz CT molecular complexity index is 330. The van der Waals surface area contributed by atoms with E-state index < -0.39 is 11.4 Å². The third-order valence-corrected chi connectivity index (χ3v) is 3.60. The zero-order valence-corrected chi connectivity index (χ0v) is 11.7. The van der Waals surface area contributed by atoms with Gasteiger partial charge in [0.1, 0.15) is 0 Å². The molecule has 0 aromatic rings. The van der Waals surface area contributed by atoms with Gasteiger partial charge in [-0.15, -0.1) is 0 Å². The minimum absolute atomic E-state index is 0.0281. The monoisotopic (exact) mass is 256 g/mol. The first-order valence-electron chi connectivity index (χ1n) is 6.54. The number of hydrogen-bond acceptors (Lipinski definition) is 3. The number of hydrogen-bond donors (Lipinski definition) is 2. The lowest BCUT2D eigenvalue weighted by molar-refractivity contribution is -0.152. The summed E-state index contributed by atoms with van der Waals surface area (Å²) in [5.74, 6) is -0.802. The van der Waals surface area contributed by atoms with E-state index in [-0.39, 0.29) is 18.0 Å². The minimum atomic E-state index is -0.774. The topological polar surface area (TPSA) is 69.6 Å². The average molecular weight is 256 g/mol. The van der Waals surface area contributed by atoms with Crippen molar-refractivity contribution in [1.29, 1.82) is 0 Å². The molecule has 0 spiro atoms. The second-order valence-electron chi connectivity index (χ2n) is 5.78. The Kier molecular flexibility index (Phi) is 4.73. The highest BCUT2D eigenvalue weighted by atomic mass is 16.4. The van der Waals surface area contributed by atoms with Gasteiger partial charge in [0, 0.05) is 12.6 Å². The summed E-state index contributed by atoms with van der Waals surface area (Å²) in [6, 6.07) is -0.165. The smallest absolute Gasteiger partial charge is 0.310 e. The van der Waals surface area contributed by atoms with Crippen LogP contribution in [0.25, 0.3) is 0 Å². The number of amides is 1. The molecule has 104 valence electrons. The van der Waals surface area contributed by atoms with Crippen LogP contribution in [0.15, 0.2) is 0 Å². The predicted octanol–water partition coefficient (Wildman–Crippen LogP) is 1.09. The summed E-state index contributed by atoms with van der Waals surface area (Å²) in [5.41, 5.74) is -0.732. The summed E-state index contributed by atoms with van der Waals surface area (Å²) in [5, 5.41) is 12.1. The first kappa shape index (κ1) is 15.0. The van der Waals surface area contributed by atoms with Crippen molar-refractivity contribution in [2.75, 3.05) is 13.1 Å². The molecule has 0 saturated carbocycles. The van der Waals surface area contributed by atoms with Gasteiger partial charge in [0.2, 0.25) is 5.91 Å². The fraction of sp³-hybridized carbons (Fsp3) is 0.846. The second kappa shape index (κ2) is 5.69. The van der Waals surface area contributed by atoms with E-state index in [0.717, 1.165) is 13.0 Å². The molecule has 0 radical (unpaired) electrons. The summed E-state index contributed by atoms with van der Waals surface area (Å²) in [6.07, 6.45) is 1.50. The highest BCUT2D eigenvalue weighted by Crippen LogP contribution is 2.30. The van der Waals surface area contributed by atoms with Crippen molar-refractivity contribution in [3.05, 3.63) is 0 Å². The fourth-order valence-corrected chi connectivity index (χ4v) is 2.35. The predicted molar refractivity (Wildman–Crippen MR) is 69.3 cm³/mol. The Labute approximate surface area is 109 Å². The number of aliphatic carboxylic acids is 1. The molecule has 1 aliphatic heterocycles. The van der Waals surface area contributed by atoms with Gasteiger partial charge in [0.25, 0.3) is 0 Å². The van der Waals surface area contributed by atoms with E-state index in [1.54, 1.807) is 6.92 Å². The van der Waals surface area contributed by atoms with Crippen LogP contribution >= 0.6 is 0 Å². The van der Waals surface area contributed by atoms with Crippen LogP contribution in [0, 0.1) is 5.41 Å². The number of likely N-dealkylation sites (tertiary alicyclic amines) is 1. The number of carbonyl (C=O) groups is 2. The Balaban J connectivity index is 2.66. The van der Waals surface area contributed by atoms with Crippen LogP contribution in [-0.2, 0) is 9.59 Å². The van der Waals surface area contributed by atoms with Crippen LogP contribution in [0.5, 0.6) is 0 Å². The molecule has 0 aromatic heterocycles. The molecule has 0 bridgehead atoms. The van der Waals surface area contributed by atoms with Crippen LogP contribution in [0.3, 0.4) is 0 Å². The molecule has 5 heteroatoms. The molecule has 0 aromatic carbocycles. The second-order valence-corrected chi connectivity index (χ2v) is 5.78. The summed E-state index contributed by atoms with van der Waals surface area (Å²) < 4.78 is 0. The average Bonchev–Trinajstić information content (AvgIpc) is 2.27. The Morgan fingerprint density at radius 2 is 1.94 bits per heavy atom. The molecule has 1 rings (SSSR count). The van der Waals surface area contributed by atoms with Crippen LogP contribution in [0.4, 0.5) is 0 Å². The molecule has 1 saturated heterocycles. The maximum absolute atomic E-state index is 11.9. The largest absolute Gasteiger partial charge is 0.481 e. The van der Waals surface area contributed by atoms with Crippen LogP contribution in [0.1, 0.15) is 40.5 Å². The number of piperidine rings is 1.